The first-order valence-corrected chi connectivity index (χ1v) is 2.53. The van der Waals surface area contributed by atoms with Gasteiger partial charge < -0.3 is 9.84 Å². The Kier molecular flexibility index (Phi) is 4.04. The van der Waals surface area contributed by atoms with Crippen LogP contribution >= 0.6 is 0 Å². The van der Waals surface area contributed by atoms with E-state index in [2.05, 4.69) is 6.92 Å². The summed E-state index contributed by atoms with van der Waals surface area (Å²) in [5.74, 6) is 0. The molecule has 1 fully saturated rings. The predicted octanol–water partition coefficient (Wildman–Crippen LogP) is 0.404. The molecule has 0 aliphatic carbocycles. The van der Waals surface area contributed by atoms with E-state index in [4.69, 9.17) is 9.84 Å². The Morgan fingerprint density at radius 2 is 2.00 bits per heavy atom. The first-order chi connectivity index (χ1) is 3.31. The smallest absolute Gasteiger partial charge is 0.0781 e. The molecule has 0 saturated carbocycles. The highest BCUT2D eigenvalue weighted by molar-refractivity contribution is 4.58. The van der Waals surface area contributed by atoms with Gasteiger partial charge in [-0.1, -0.05) is 0 Å². The van der Waals surface area contributed by atoms with Crippen LogP contribution in [0.25, 0.3) is 0 Å². The Labute approximate surface area is 44.1 Å². The summed E-state index contributed by atoms with van der Waals surface area (Å²) in [6, 6.07) is 0. The van der Waals surface area contributed by atoms with Crippen molar-refractivity contribution in [1.82, 2.24) is 0 Å². The fourth-order valence-electron chi connectivity index (χ4n) is 0.0962. The summed E-state index contributed by atoms with van der Waals surface area (Å²) in [6.07, 6.45) is 0.583. The molecule has 1 aliphatic rings. The first kappa shape index (κ1) is 6.92. The molecule has 2 nitrogen and oxygen atoms in total. The molecule has 44 valence electrons. The minimum atomic E-state index is 0.250. The van der Waals surface area contributed by atoms with Gasteiger partial charge in [-0.2, -0.15) is 0 Å². The highest BCUT2D eigenvalue weighted by Gasteiger charge is 2.13. The zero-order valence-corrected chi connectivity index (χ0v) is 4.85. The van der Waals surface area contributed by atoms with E-state index in [-0.39, 0.29) is 6.61 Å². The lowest BCUT2D eigenvalue weighted by molar-refractivity contribution is 0.318. The summed E-state index contributed by atoms with van der Waals surface area (Å²) in [6.45, 7) is 4.97. The van der Waals surface area contributed by atoms with Crippen LogP contribution in [0.2, 0.25) is 0 Å². The molecular formula is C5H12O2. The van der Waals surface area contributed by atoms with Crippen LogP contribution in [0.4, 0.5) is 0 Å². The van der Waals surface area contributed by atoms with E-state index in [0.717, 1.165) is 6.61 Å². The monoisotopic (exact) mass is 104 g/mol. The number of aliphatic hydroxyl groups excluding tert-OH is 1. The van der Waals surface area contributed by atoms with Crippen molar-refractivity contribution in [2.45, 2.75) is 20.0 Å². The highest BCUT2D eigenvalue weighted by Crippen LogP contribution is 2.04. The summed E-state index contributed by atoms with van der Waals surface area (Å²) < 4.78 is 4.71. The summed E-state index contributed by atoms with van der Waals surface area (Å²) in [7, 11) is 0. The Hall–Kier alpha value is -0.0800. The molecule has 0 spiro atoms. The average molecular weight is 104 g/mol. The van der Waals surface area contributed by atoms with E-state index >= 15 is 0 Å². The van der Waals surface area contributed by atoms with Gasteiger partial charge in [-0.25, -0.2) is 0 Å². The molecule has 1 unspecified atom stereocenters. The third-order valence-corrected chi connectivity index (χ3v) is 0.500. The standard InChI is InChI=1S/C3H6O.C2H6O/c1-3-2-4-3;1-2-3/h3H,2H2,1H3;3H,2H2,1H3. The molecule has 0 aromatic carbocycles. The van der Waals surface area contributed by atoms with Crippen molar-refractivity contribution in [2.75, 3.05) is 13.2 Å². The lowest BCUT2D eigenvalue weighted by atomic mass is 10.6. The van der Waals surface area contributed by atoms with Crippen LogP contribution in [0.1, 0.15) is 13.8 Å². The molecule has 1 rings (SSSR count). The van der Waals surface area contributed by atoms with Crippen LogP contribution in [0, 0.1) is 0 Å². The molecule has 0 aromatic heterocycles. The zero-order valence-electron chi connectivity index (χ0n) is 4.85. The van der Waals surface area contributed by atoms with E-state index in [1.807, 2.05) is 0 Å². The van der Waals surface area contributed by atoms with Crippen LogP contribution in [0.15, 0.2) is 0 Å². The Morgan fingerprint density at radius 1 is 1.86 bits per heavy atom. The van der Waals surface area contributed by atoms with Gasteiger partial charge in [0, 0.05) is 6.61 Å². The maximum absolute atomic E-state index is 7.57. The largest absolute Gasteiger partial charge is 0.397 e. The van der Waals surface area contributed by atoms with Crippen LogP contribution < -0.4 is 0 Å². The quantitative estimate of drug-likeness (QED) is 0.451. The summed E-state index contributed by atoms with van der Waals surface area (Å²) in [5, 5.41) is 7.57. The summed E-state index contributed by atoms with van der Waals surface area (Å²) in [5.41, 5.74) is 0. The zero-order chi connectivity index (χ0) is 5.70. The Balaban J connectivity index is 0.000000110. The maximum atomic E-state index is 7.57. The maximum Gasteiger partial charge on any atom is 0.0781 e. The lowest BCUT2D eigenvalue weighted by Gasteiger charge is -1.52. The van der Waals surface area contributed by atoms with Crippen molar-refractivity contribution in [1.29, 1.82) is 0 Å². The normalized spacial score (nSPS) is 25.3. The molecule has 0 radical (unpaired) electrons. The first-order valence-electron chi connectivity index (χ1n) is 2.53. The second-order valence-electron chi connectivity index (χ2n) is 1.46. The number of hydrogen-bond donors (Lipinski definition) is 1. The number of aliphatic hydroxyl groups is 1. The molecule has 0 aromatic rings. The Morgan fingerprint density at radius 3 is 2.00 bits per heavy atom. The van der Waals surface area contributed by atoms with Crippen molar-refractivity contribution in [3.8, 4) is 0 Å². The van der Waals surface area contributed by atoms with E-state index in [1.165, 1.54) is 0 Å². The minimum Gasteiger partial charge on any atom is -0.397 e. The van der Waals surface area contributed by atoms with Crippen molar-refractivity contribution in [2.24, 2.45) is 0 Å². The minimum absolute atomic E-state index is 0.250. The molecule has 1 atom stereocenters. The van der Waals surface area contributed by atoms with Gasteiger partial charge in [0.15, 0.2) is 0 Å². The fraction of sp³-hybridized carbons (Fsp3) is 1.00. The molecule has 2 heteroatoms. The third kappa shape index (κ3) is 10.7. The molecule has 1 heterocycles. The summed E-state index contributed by atoms with van der Waals surface area (Å²) in [4.78, 5) is 0. The van der Waals surface area contributed by atoms with Crippen molar-refractivity contribution in [3.63, 3.8) is 0 Å². The third-order valence-electron chi connectivity index (χ3n) is 0.500. The van der Waals surface area contributed by atoms with Crippen molar-refractivity contribution < 1.29 is 9.84 Å². The fourth-order valence-corrected chi connectivity index (χ4v) is 0.0962. The molecule has 1 aliphatic heterocycles. The van der Waals surface area contributed by atoms with E-state index in [1.54, 1.807) is 6.92 Å². The van der Waals surface area contributed by atoms with Gasteiger partial charge in [0.05, 0.1) is 12.7 Å². The molecule has 1 saturated heterocycles. The van der Waals surface area contributed by atoms with E-state index in [9.17, 15) is 0 Å². The topological polar surface area (TPSA) is 32.8 Å². The SMILES string of the molecule is CC1CO1.CCO. The summed E-state index contributed by atoms with van der Waals surface area (Å²) >= 11 is 0. The van der Waals surface area contributed by atoms with Gasteiger partial charge in [-0.15, -0.1) is 0 Å². The molecule has 0 bridgehead atoms. The van der Waals surface area contributed by atoms with Gasteiger partial charge in [-0.05, 0) is 13.8 Å². The molecule has 1 N–H and O–H groups in total. The van der Waals surface area contributed by atoms with Gasteiger partial charge >= 0.3 is 0 Å². The Bertz CT molecular complexity index is 33.1. The number of rotatable bonds is 0. The number of ether oxygens (including phenoxy) is 1. The number of epoxide rings is 1. The molecule has 0 amide bonds. The lowest BCUT2D eigenvalue weighted by Crippen LogP contribution is -1.60. The molecular weight excluding hydrogens is 92.1 g/mol. The second kappa shape index (κ2) is 4.09. The average Bonchev–Trinajstić information content (AvgIpc) is 2.25. The highest BCUT2D eigenvalue weighted by atomic mass is 16.6. The van der Waals surface area contributed by atoms with Crippen LogP contribution in [0.5, 0.6) is 0 Å². The van der Waals surface area contributed by atoms with Crippen molar-refractivity contribution >= 4 is 0 Å². The van der Waals surface area contributed by atoms with E-state index in [0.29, 0.717) is 6.10 Å². The number of hydrogen-bond acceptors (Lipinski definition) is 2. The van der Waals surface area contributed by atoms with Crippen LogP contribution in [-0.4, -0.2) is 24.4 Å². The van der Waals surface area contributed by atoms with Crippen LogP contribution in [-0.2, 0) is 4.74 Å². The van der Waals surface area contributed by atoms with Crippen molar-refractivity contribution in [3.05, 3.63) is 0 Å². The van der Waals surface area contributed by atoms with Gasteiger partial charge in [-0.3, -0.25) is 0 Å². The van der Waals surface area contributed by atoms with Gasteiger partial charge in [0.25, 0.3) is 0 Å². The predicted molar refractivity (Wildman–Crippen MR) is 28.2 cm³/mol. The van der Waals surface area contributed by atoms with Gasteiger partial charge in [0.1, 0.15) is 0 Å². The van der Waals surface area contributed by atoms with E-state index < -0.39 is 0 Å². The second-order valence-corrected chi connectivity index (χ2v) is 1.46. The molecule has 7 heavy (non-hydrogen) atoms. The van der Waals surface area contributed by atoms with Gasteiger partial charge in [0.2, 0.25) is 0 Å². The van der Waals surface area contributed by atoms with Crippen LogP contribution in [0.3, 0.4) is 0 Å².